The van der Waals surface area contributed by atoms with Crippen LogP contribution in [0.1, 0.15) is 25.7 Å². The fourth-order valence-corrected chi connectivity index (χ4v) is 2.30. The lowest BCUT2D eigenvalue weighted by Gasteiger charge is -2.39. The van der Waals surface area contributed by atoms with E-state index in [4.69, 9.17) is 20.4 Å². The first-order valence-corrected chi connectivity index (χ1v) is 6.53. The van der Waals surface area contributed by atoms with Crippen LogP contribution in [0.25, 0.3) is 0 Å². The second kappa shape index (κ2) is 13.2. The second-order valence-corrected chi connectivity index (χ2v) is 4.54. The first-order chi connectivity index (χ1) is 8.24. The summed E-state index contributed by atoms with van der Waals surface area (Å²) in [6, 6.07) is 0. The minimum atomic E-state index is 0. The molecule has 0 radical (unpaired) electrons. The molecule has 112 valence electrons. The molecular weight excluding hydrogens is 238 g/mol. The highest BCUT2D eigenvalue weighted by Crippen LogP contribution is 2.12. The molecule has 0 aliphatic heterocycles. The Morgan fingerprint density at radius 1 is 0.500 bits per heavy atom. The van der Waals surface area contributed by atoms with Crippen molar-refractivity contribution in [1.29, 1.82) is 0 Å². The Balaban J connectivity index is 0. The van der Waals surface area contributed by atoms with E-state index < -0.39 is 0 Å². The Kier molecular flexibility index (Phi) is 14.7. The molecule has 0 heterocycles. The van der Waals surface area contributed by atoms with Crippen LogP contribution in [0.4, 0.5) is 0 Å². The molecule has 6 heteroatoms. The molecule has 0 aromatic carbocycles. The third-order valence-electron chi connectivity index (χ3n) is 3.16. The maximum absolute atomic E-state index is 8.95. The van der Waals surface area contributed by atoms with Gasteiger partial charge < -0.3 is 30.4 Å². The molecule has 5 N–H and O–H groups in total. The van der Waals surface area contributed by atoms with E-state index in [0.29, 0.717) is 0 Å². The summed E-state index contributed by atoms with van der Waals surface area (Å²) < 4.78 is 0.780. The van der Waals surface area contributed by atoms with Gasteiger partial charge in [0.2, 0.25) is 0 Å². The number of aliphatic hydroxyl groups excluding tert-OH is 4. The Morgan fingerprint density at radius 3 is 0.889 bits per heavy atom. The Labute approximate surface area is 109 Å². The molecule has 0 aliphatic rings. The molecule has 0 aliphatic carbocycles. The molecule has 0 saturated heterocycles. The lowest BCUT2D eigenvalue weighted by atomic mass is 10.2. The van der Waals surface area contributed by atoms with Gasteiger partial charge in [0.1, 0.15) is 0 Å². The number of rotatable bonds is 12. The Morgan fingerprint density at radius 2 is 0.722 bits per heavy atom. The Hall–Kier alpha value is -0.240. The molecule has 18 heavy (non-hydrogen) atoms. The van der Waals surface area contributed by atoms with Crippen LogP contribution in [-0.4, -0.2) is 83.0 Å². The number of aliphatic hydroxyl groups is 4. The van der Waals surface area contributed by atoms with E-state index in [-0.39, 0.29) is 31.9 Å². The van der Waals surface area contributed by atoms with E-state index in [1.54, 1.807) is 0 Å². The molecular formula is C12H29NO5. The van der Waals surface area contributed by atoms with E-state index >= 15 is 0 Å². The molecule has 0 unspecified atom stereocenters. The zero-order valence-corrected chi connectivity index (χ0v) is 11.2. The smallest absolute Gasteiger partial charge is 0.0808 e. The van der Waals surface area contributed by atoms with Crippen molar-refractivity contribution >= 4 is 0 Å². The van der Waals surface area contributed by atoms with Crippen LogP contribution in [0, 0.1) is 0 Å². The van der Waals surface area contributed by atoms with E-state index in [1.165, 1.54) is 0 Å². The van der Waals surface area contributed by atoms with Gasteiger partial charge in [-0.1, -0.05) is 0 Å². The zero-order chi connectivity index (χ0) is 13.0. The molecule has 0 bridgehead atoms. The van der Waals surface area contributed by atoms with Gasteiger partial charge in [0.25, 0.3) is 0 Å². The van der Waals surface area contributed by atoms with Gasteiger partial charge in [-0.3, -0.25) is 0 Å². The van der Waals surface area contributed by atoms with Crippen molar-refractivity contribution in [2.45, 2.75) is 25.7 Å². The minimum absolute atomic E-state index is 0. The summed E-state index contributed by atoms with van der Waals surface area (Å²) in [4.78, 5) is 0. The lowest BCUT2D eigenvalue weighted by molar-refractivity contribution is -0.929. The van der Waals surface area contributed by atoms with Crippen molar-refractivity contribution in [3.05, 3.63) is 0 Å². The van der Waals surface area contributed by atoms with Crippen molar-refractivity contribution in [3.8, 4) is 0 Å². The SMILES string of the molecule is OCCC[N+](CCCO)(CCCO)CCCO.[OH-]. The quantitative estimate of drug-likeness (QED) is 0.344. The maximum atomic E-state index is 8.95. The molecule has 0 spiro atoms. The first-order valence-electron chi connectivity index (χ1n) is 6.53. The highest BCUT2D eigenvalue weighted by molar-refractivity contribution is 4.49. The third-order valence-corrected chi connectivity index (χ3v) is 3.16. The van der Waals surface area contributed by atoms with Crippen LogP contribution < -0.4 is 0 Å². The summed E-state index contributed by atoms with van der Waals surface area (Å²) in [5.74, 6) is 0. The largest absolute Gasteiger partial charge is 0.870 e. The van der Waals surface area contributed by atoms with Gasteiger partial charge in [-0.25, -0.2) is 0 Å². The van der Waals surface area contributed by atoms with Crippen LogP contribution in [0.2, 0.25) is 0 Å². The van der Waals surface area contributed by atoms with Crippen molar-refractivity contribution in [2.75, 3.05) is 52.6 Å². The van der Waals surface area contributed by atoms with Gasteiger partial charge in [0.15, 0.2) is 0 Å². The summed E-state index contributed by atoms with van der Waals surface area (Å²) >= 11 is 0. The standard InChI is InChI=1S/C12H28NO4.H2O/c14-9-1-5-13(6-2-10-15,7-3-11-16)8-4-12-17;/h14-17H,1-12H2;1H2/q+1;/p-1. The lowest BCUT2D eigenvalue weighted by Crippen LogP contribution is -2.51. The zero-order valence-electron chi connectivity index (χ0n) is 11.2. The van der Waals surface area contributed by atoms with Gasteiger partial charge in [-0.15, -0.1) is 0 Å². The predicted octanol–water partition coefficient (Wildman–Crippen LogP) is -0.844. The second-order valence-electron chi connectivity index (χ2n) is 4.54. The average Bonchev–Trinajstić information content (AvgIpc) is 2.37. The van der Waals surface area contributed by atoms with Crippen LogP contribution in [0.3, 0.4) is 0 Å². The maximum Gasteiger partial charge on any atom is 0.0808 e. The molecule has 0 aromatic rings. The van der Waals surface area contributed by atoms with Gasteiger partial charge in [-0.2, -0.15) is 0 Å². The van der Waals surface area contributed by atoms with Crippen LogP contribution in [0.5, 0.6) is 0 Å². The molecule has 0 rings (SSSR count). The highest BCUT2D eigenvalue weighted by atomic mass is 16.3. The van der Waals surface area contributed by atoms with Gasteiger partial charge in [0.05, 0.1) is 26.2 Å². The van der Waals surface area contributed by atoms with Crippen molar-refractivity contribution < 1.29 is 30.4 Å². The molecule has 0 aromatic heterocycles. The monoisotopic (exact) mass is 267 g/mol. The predicted molar refractivity (Wildman–Crippen MR) is 68.5 cm³/mol. The van der Waals surface area contributed by atoms with Crippen molar-refractivity contribution in [2.24, 2.45) is 0 Å². The van der Waals surface area contributed by atoms with E-state index in [2.05, 4.69) is 0 Å². The third kappa shape index (κ3) is 8.79. The summed E-state index contributed by atoms with van der Waals surface area (Å²) in [6.45, 7) is 4.03. The number of hydrogen-bond donors (Lipinski definition) is 4. The fraction of sp³-hybridized carbons (Fsp3) is 1.00. The first kappa shape index (κ1) is 20.1. The molecule has 6 nitrogen and oxygen atoms in total. The van der Waals surface area contributed by atoms with Gasteiger partial charge in [0, 0.05) is 52.1 Å². The Bertz CT molecular complexity index is 131. The average molecular weight is 267 g/mol. The van der Waals surface area contributed by atoms with Crippen LogP contribution >= 0.6 is 0 Å². The summed E-state index contributed by atoms with van der Waals surface area (Å²) in [7, 11) is 0. The van der Waals surface area contributed by atoms with Crippen molar-refractivity contribution in [3.63, 3.8) is 0 Å². The van der Waals surface area contributed by atoms with E-state index in [1.807, 2.05) is 0 Å². The van der Waals surface area contributed by atoms with Crippen LogP contribution in [-0.2, 0) is 0 Å². The molecule has 0 amide bonds. The molecule has 0 fully saturated rings. The van der Waals surface area contributed by atoms with Crippen molar-refractivity contribution in [1.82, 2.24) is 0 Å². The van der Waals surface area contributed by atoms with E-state index in [0.717, 1.165) is 56.3 Å². The summed E-state index contributed by atoms with van der Waals surface area (Å²) in [5, 5.41) is 35.8. The fourth-order valence-electron chi connectivity index (χ4n) is 2.30. The summed E-state index contributed by atoms with van der Waals surface area (Å²) in [5.41, 5.74) is 0. The minimum Gasteiger partial charge on any atom is -0.870 e. The number of quaternary nitrogens is 1. The van der Waals surface area contributed by atoms with E-state index in [9.17, 15) is 0 Å². The van der Waals surface area contributed by atoms with Gasteiger partial charge >= 0.3 is 0 Å². The normalized spacial score (nSPS) is 11.3. The van der Waals surface area contributed by atoms with Crippen LogP contribution in [0.15, 0.2) is 0 Å². The topological polar surface area (TPSA) is 111 Å². The molecule has 0 saturated carbocycles. The molecule has 0 atom stereocenters. The summed E-state index contributed by atoms with van der Waals surface area (Å²) in [6.07, 6.45) is 2.90. The number of hydrogen-bond acceptors (Lipinski definition) is 5. The number of nitrogens with zero attached hydrogens (tertiary/aromatic N) is 1. The highest BCUT2D eigenvalue weighted by Gasteiger charge is 2.25. The van der Waals surface area contributed by atoms with Gasteiger partial charge in [-0.05, 0) is 0 Å².